The molecule has 3 aliphatic rings. The lowest BCUT2D eigenvalue weighted by Gasteiger charge is -2.40. The van der Waals surface area contributed by atoms with Gasteiger partial charge in [-0.05, 0) is 65.2 Å². The van der Waals surface area contributed by atoms with Gasteiger partial charge in [-0.15, -0.1) is 0 Å². The van der Waals surface area contributed by atoms with Crippen LogP contribution in [-0.4, -0.2) is 69.0 Å². The first-order chi connectivity index (χ1) is 18.4. The monoisotopic (exact) mass is 576 g/mol. The maximum atomic E-state index is 13.1. The van der Waals surface area contributed by atoms with Crippen molar-refractivity contribution in [3.8, 4) is 0 Å². The van der Waals surface area contributed by atoms with Crippen molar-refractivity contribution >= 4 is 23.9 Å². The Balaban J connectivity index is 0.000000305. The molecule has 0 spiro atoms. The summed E-state index contributed by atoms with van der Waals surface area (Å²) in [5, 5.41) is 21.0. The highest BCUT2D eigenvalue weighted by Crippen LogP contribution is 2.47. The number of carbonyl (C=O) groups is 4. The third kappa shape index (κ3) is 8.86. The van der Waals surface area contributed by atoms with Gasteiger partial charge in [0, 0.05) is 12.1 Å². The minimum atomic E-state index is -4.91. The molecule has 12 heteroatoms. The van der Waals surface area contributed by atoms with E-state index in [1.165, 1.54) is 0 Å². The second-order valence-corrected chi connectivity index (χ2v) is 12.3. The van der Waals surface area contributed by atoms with Crippen molar-refractivity contribution in [3.05, 3.63) is 12.2 Å². The summed E-state index contributed by atoms with van der Waals surface area (Å²) in [4.78, 5) is 46.8. The summed E-state index contributed by atoms with van der Waals surface area (Å²) in [6, 6.07) is -1.31. The Morgan fingerprint density at radius 2 is 1.57 bits per heavy atom. The molecule has 2 fully saturated rings. The van der Waals surface area contributed by atoms with Crippen LogP contribution in [0.1, 0.15) is 92.4 Å². The van der Waals surface area contributed by atoms with Crippen molar-refractivity contribution in [2.75, 3.05) is 0 Å². The summed E-state index contributed by atoms with van der Waals surface area (Å²) in [5.74, 6) is -4.34. The molecule has 0 heterocycles. The van der Waals surface area contributed by atoms with E-state index in [9.17, 15) is 37.5 Å². The van der Waals surface area contributed by atoms with Gasteiger partial charge >= 0.3 is 30.1 Å². The molecule has 40 heavy (non-hydrogen) atoms. The number of hydrogen-bond acceptors (Lipinski definition) is 5. The number of nitrogens with zero attached hydrogens (tertiary/aromatic N) is 1. The number of rotatable bonds is 6. The molecule has 0 aliphatic heterocycles. The minimum absolute atomic E-state index is 0.109. The average Bonchev–Trinajstić information content (AvgIpc) is 3.47. The Morgan fingerprint density at radius 3 is 2.00 bits per heavy atom. The van der Waals surface area contributed by atoms with Crippen LogP contribution in [0.5, 0.6) is 0 Å². The first-order valence-electron chi connectivity index (χ1n) is 13.9. The van der Waals surface area contributed by atoms with Crippen molar-refractivity contribution < 1.29 is 47.3 Å². The molecular weight excluding hydrogens is 533 g/mol. The molecule has 0 radical (unpaired) electrons. The van der Waals surface area contributed by atoms with Crippen LogP contribution in [-0.2, 0) is 19.1 Å². The summed E-state index contributed by atoms with van der Waals surface area (Å²) < 4.78 is 44.4. The zero-order chi connectivity index (χ0) is 30.5. The molecule has 0 unspecified atom stereocenters. The quantitative estimate of drug-likeness (QED) is 0.354. The van der Waals surface area contributed by atoms with E-state index >= 15 is 0 Å². The lowest BCUT2D eigenvalue weighted by atomic mass is 9.75. The minimum Gasteiger partial charge on any atom is -0.481 e. The van der Waals surface area contributed by atoms with Gasteiger partial charge < -0.3 is 25.2 Å². The van der Waals surface area contributed by atoms with Gasteiger partial charge in [-0.25, -0.2) is 4.79 Å². The maximum absolute atomic E-state index is 13.1. The number of carboxylic acid groups (broad SMARTS) is 2. The number of carbonyl (C=O) groups excluding carboxylic acids is 2. The molecule has 4 atom stereocenters. The number of alkyl carbamates (subject to hydrolysis) is 1. The van der Waals surface area contributed by atoms with Crippen LogP contribution < -0.4 is 5.32 Å². The fourth-order valence-corrected chi connectivity index (χ4v) is 5.84. The van der Waals surface area contributed by atoms with Crippen LogP contribution in [0.3, 0.4) is 0 Å². The number of halogens is 3. The second kappa shape index (κ2) is 13.2. The SMILES string of the molecule is CC(C)(C)OC(=O)N[C@@H]1C=C[C@H](C(=O)O)C1.CC(C)[C@]1(C(=O)O)CC[C@@H](N(C(=O)C(F)(F)F)C2CCCCC2)C1. The zero-order valence-corrected chi connectivity index (χ0v) is 23.9. The average molecular weight is 577 g/mol. The van der Waals surface area contributed by atoms with E-state index in [-0.39, 0.29) is 18.4 Å². The Kier molecular flexibility index (Phi) is 11.1. The third-order valence-electron chi connectivity index (χ3n) is 8.00. The van der Waals surface area contributed by atoms with Crippen molar-refractivity contribution in [2.24, 2.45) is 17.3 Å². The number of hydrogen-bond donors (Lipinski definition) is 3. The standard InChI is InChI=1S/C17H26F3NO3.C11H17NO4/c1-11(2)16(15(23)24)9-8-13(10-16)21(14(22)17(18,19)20)12-6-4-3-5-7-12;1-11(2,3)16-10(15)12-8-5-4-7(6-8)9(13)14/h11-13H,3-10H2,1-2H3,(H,23,24);4-5,7-8H,6H2,1-3H3,(H,12,15)(H,13,14)/t13-,16+;7-,8+/m10/s1. The molecule has 3 rings (SSSR count). The van der Waals surface area contributed by atoms with E-state index in [1.807, 2.05) is 0 Å². The third-order valence-corrected chi connectivity index (χ3v) is 8.00. The van der Waals surface area contributed by atoms with E-state index in [0.29, 0.717) is 32.1 Å². The summed E-state index contributed by atoms with van der Waals surface area (Å²) >= 11 is 0. The lowest BCUT2D eigenvalue weighted by molar-refractivity contribution is -0.191. The van der Waals surface area contributed by atoms with Gasteiger partial charge in [-0.3, -0.25) is 14.4 Å². The molecule has 9 nitrogen and oxygen atoms in total. The number of aliphatic carboxylic acids is 2. The van der Waals surface area contributed by atoms with Crippen LogP contribution in [0.2, 0.25) is 0 Å². The van der Waals surface area contributed by atoms with Crippen LogP contribution in [0.15, 0.2) is 12.2 Å². The Hall–Kier alpha value is -2.79. The molecule has 0 saturated heterocycles. The van der Waals surface area contributed by atoms with E-state index in [4.69, 9.17) is 9.84 Å². The molecule has 3 N–H and O–H groups in total. The van der Waals surface area contributed by atoms with Gasteiger partial charge in [0.25, 0.3) is 0 Å². The van der Waals surface area contributed by atoms with Gasteiger partial charge in [0.05, 0.1) is 17.4 Å². The molecule has 228 valence electrons. The number of carboxylic acids is 2. The smallest absolute Gasteiger partial charge is 0.471 e. The first kappa shape index (κ1) is 33.4. The van der Waals surface area contributed by atoms with Crippen molar-refractivity contribution in [1.29, 1.82) is 0 Å². The highest BCUT2D eigenvalue weighted by atomic mass is 19.4. The van der Waals surface area contributed by atoms with Gasteiger partial charge in [-0.2, -0.15) is 13.2 Å². The van der Waals surface area contributed by atoms with Crippen LogP contribution in [0.4, 0.5) is 18.0 Å². The zero-order valence-electron chi connectivity index (χ0n) is 23.9. The van der Waals surface area contributed by atoms with E-state index in [2.05, 4.69) is 5.32 Å². The molecule has 2 saturated carbocycles. The fraction of sp³-hybridized carbons (Fsp3) is 0.786. The van der Waals surface area contributed by atoms with Gasteiger partial charge in [0.1, 0.15) is 5.60 Å². The first-order valence-corrected chi connectivity index (χ1v) is 13.9. The van der Waals surface area contributed by atoms with Crippen LogP contribution >= 0.6 is 0 Å². The molecule has 0 aromatic carbocycles. The highest BCUT2D eigenvalue weighted by Gasteiger charge is 2.54. The van der Waals surface area contributed by atoms with Crippen molar-refractivity contribution in [2.45, 2.75) is 122 Å². The lowest BCUT2D eigenvalue weighted by Crippen LogP contribution is -2.52. The summed E-state index contributed by atoms with van der Waals surface area (Å²) in [7, 11) is 0. The predicted molar refractivity (Wildman–Crippen MR) is 140 cm³/mol. The van der Waals surface area contributed by atoms with Crippen LogP contribution in [0, 0.1) is 17.3 Å². The largest absolute Gasteiger partial charge is 0.481 e. The highest BCUT2D eigenvalue weighted by molar-refractivity contribution is 5.83. The van der Waals surface area contributed by atoms with E-state index in [1.54, 1.807) is 46.8 Å². The fourth-order valence-electron chi connectivity index (χ4n) is 5.84. The van der Waals surface area contributed by atoms with Crippen LogP contribution in [0.25, 0.3) is 0 Å². The second-order valence-electron chi connectivity index (χ2n) is 12.3. The Labute approximate surface area is 233 Å². The molecule has 2 amide bonds. The summed E-state index contributed by atoms with van der Waals surface area (Å²) in [6.07, 6.45) is 2.71. The predicted octanol–water partition coefficient (Wildman–Crippen LogP) is 5.53. The molecule has 0 aromatic rings. The van der Waals surface area contributed by atoms with Gasteiger partial charge in [0.2, 0.25) is 0 Å². The molecule has 0 bridgehead atoms. The number of ether oxygens (including phenoxy) is 1. The molecule has 0 aromatic heterocycles. The molecular formula is C28H43F3N2O7. The maximum Gasteiger partial charge on any atom is 0.471 e. The van der Waals surface area contributed by atoms with Gasteiger partial charge in [-0.1, -0.05) is 45.3 Å². The number of amides is 2. The van der Waals surface area contributed by atoms with Crippen molar-refractivity contribution in [3.63, 3.8) is 0 Å². The van der Waals surface area contributed by atoms with E-state index in [0.717, 1.165) is 24.2 Å². The Bertz CT molecular complexity index is 955. The van der Waals surface area contributed by atoms with Gasteiger partial charge in [0.15, 0.2) is 0 Å². The van der Waals surface area contributed by atoms with E-state index < -0.39 is 59.1 Å². The van der Waals surface area contributed by atoms with Crippen molar-refractivity contribution in [1.82, 2.24) is 10.2 Å². The normalized spacial score (nSPS) is 27.1. The summed E-state index contributed by atoms with van der Waals surface area (Å²) in [5.41, 5.74) is -1.58. The summed E-state index contributed by atoms with van der Waals surface area (Å²) in [6.45, 7) is 8.89. The Morgan fingerprint density at radius 1 is 0.975 bits per heavy atom. The number of alkyl halides is 3. The molecule has 3 aliphatic carbocycles. The topological polar surface area (TPSA) is 133 Å². The number of nitrogens with one attached hydrogen (secondary N) is 1.